The third-order valence-electron chi connectivity index (χ3n) is 7.10. The van der Waals surface area contributed by atoms with E-state index in [9.17, 15) is 8.42 Å². The highest BCUT2D eigenvalue weighted by molar-refractivity contribution is 7.86. The van der Waals surface area contributed by atoms with Gasteiger partial charge in [-0.3, -0.25) is 4.90 Å². The number of nitrogens with zero attached hydrogens (tertiary/aromatic N) is 4. The summed E-state index contributed by atoms with van der Waals surface area (Å²) in [6.45, 7) is 11.1. The van der Waals surface area contributed by atoms with Gasteiger partial charge in [0.25, 0.3) is 10.2 Å². The van der Waals surface area contributed by atoms with Gasteiger partial charge < -0.3 is 4.90 Å². The van der Waals surface area contributed by atoms with E-state index >= 15 is 0 Å². The lowest BCUT2D eigenvalue weighted by molar-refractivity contribution is 0.177. The molecule has 0 N–H and O–H groups in total. The summed E-state index contributed by atoms with van der Waals surface area (Å²) in [6, 6.07) is 7.17. The van der Waals surface area contributed by atoms with Crippen molar-refractivity contribution in [2.45, 2.75) is 52.0 Å². The van der Waals surface area contributed by atoms with Gasteiger partial charge in [0, 0.05) is 57.5 Å². The minimum absolute atomic E-state index is 0.575. The van der Waals surface area contributed by atoms with Crippen molar-refractivity contribution >= 4 is 15.9 Å². The fraction of sp³-hybridized carbons (Fsp3) is 0.727. The van der Waals surface area contributed by atoms with Gasteiger partial charge in [-0.25, -0.2) is 0 Å². The van der Waals surface area contributed by atoms with Gasteiger partial charge in [-0.15, -0.1) is 0 Å². The average molecular weight is 421 g/mol. The first-order valence-electron chi connectivity index (χ1n) is 11.3. The van der Waals surface area contributed by atoms with Crippen LogP contribution in [0.25, 0.3) is 0 Å². The van der Waals surface area contributed by atoms with Gasteiger partial charge in [0.15, 0.2) is 0 Å². The van der Waals surface area contributed by atoms with Crippen LogP contribution in [-0.4, -0.2) is 80.3 Å². The molecule has 3 heterocycles. The Hall–Kier alpha value is -1.15. The van der Waals surface area contributed by atoms with Crippen LogP contribution in [0.4, 0.5) is 5.69 Å². The predicted octanol–water partition coefficient (Wildman–Crippen LogP) is 2.62. The lowest BCUT2D eigenvalue weighted by Gasteiger charge is -2.39. The minimum Gasteiger partial charge on any atom is -0.371 e. The van der Waals surface area contributed by atoms with Crippen LogP contribution in [0.3, 0.4) is 0 Å². The molecule has 0 unspecified atom stereocenters. The molecule has 3 aliphatic heterocycles. The standard InChI is InChI=1S/C22H36N4O2S/c1-19-7-5-8-22(20(19)2)24-15-9-21(10-16-24)23-11-6-14-26(18-17-23)29(27,28)25-12-3-4-13-25/h5,7-8,21H,3-4,6,9-18H2,1-2H3. The fourth-order valence-corrected chi connectivity index (χ4v) is 6.86. The molecule has 1 aromatic carbocycles. The van der Waals surface area contributed by atoms with Crippen LogP contribution in [0.2, 0.25) is 0 Å². The first kappa shape index (κ1) is 21.1. The molecule has 1 aromatic rings. The van der Waals surface area contributed by atoms with E-state index in [-0.39, 0.29) is 0 Å². The molecule has 7 heteroatoms. The quantitative estimate of drug-likeness (QED) is 0.751. The van der Waals surface area contributed by atoms with Crippen LogP contribution >= 0.6 is 0 Å². The SMILES string of the molecule is Cc1cccc(N2CCC(N3CCCN(S(=O)(=O)N4CCCC4)CC3)CC2)c1C. The van der Waals surface area contributed by atoms with Crippen LogP contribution in [0.5, 0.6) is 0 Å². The molecule has 0 bridgehead atoms. The van der Waals surface area contributed by atoms with Crippen LogP contribution in [0, 0.1) is 13.8 Å². The summed E-state index contributed by atoms with van der Waals surface area (Å²) >= 11 is 0. The maximum absolute atomic E-state index is 12.9. The molecule has 3 aliphatic rings. The second-order valence-electron chi connectivity index (χ2n) is 8.84. The molecule has 162 valence electrons. The smallest absolute Gasteiger partial charge is 0.282 e. The second-order valence-corrected chi connectivity index (χ2v) is 10.8. The minimum atomic E-state index is -3.26. The van der Waals surface area contributed by atoms with Crippen LogP contribution in [0.1, 0.15) is 43.2 Å². The van der Waals surface area contributed by atoms with Crippen molar-refractivity contribution in [1.29, 1.82) is 0 Å². The summed E-state index contributed by atoms with van der Waals surface area (Å²) in [5, 5.41) is 0. The third kappa shape index (κ3) is 4.48. The molecule has 3 saturated heterocycles. The van der Waals surface area contributed by atoms with Crippen molar-refractivity contribution in [2.75, 3.05) is 57.3 Å². The molecule has 0 radical (unpaired) electrons. The Kier molecular flexibility index (Phi) is 6.49. The predicted molar refractivity (Wildman–Crippen MR) is 119 cm³/mol. The number of benzene rings is 1. The molecule has 6 nitrogen and oxygen atoms in total. The summed E-state index contributed by atoms with van der Waals surface area (Å²) in [7, 11) is -3.26. The Morgan fingerprint density at radius 2 is 1.45 bits per heavy atom. The van der Waals surface area contributed by atoms with Crippen LogP contribution in [-0.2, 0) is 10.2 Å². The van der Waals surface area contributed by atoms with Gasteiger partial charge in [0.1, 0.15) is 0 Å². The van der Waals surface area contributed by atoms with Crippen molar-refractivity contribution < 1.29 is 8.42 Å². The Morgan fingerprint density at radius 3 is 2.17 bits per heavy atom. The molecule has 3 fully saturated rings. The summed E-state index contributed by atoms with van der Waals surface area (Å²) < 4.78 is 29.2. The third-order valence-corrected chi connectivity index (χ3v) is 9.14. The van der Waals surface area contributed by atoms with Crippen molar-refractivity contribution in [3.8, 4) is 0 Å². The Labute approximate surface area is 176 Å². The van der Waals surface area contributed by atoms with Crippen molar-refractivity contribution in [1.82, 2.24) is 13.5 Å². The Morgan fingerprint density at radius 1 is 0.793 bits per heavy atom. The first-order valence-corrected chi connectivity index (χ1v) is 12.7. The van der Waals surface area contributed by atoms with E-state index in [2.05, 4.69) is 41.8 Å². The zero-order valence-electron chi connectivity index (χ0n) is 18.0. The number of aryl methyl sites for hydroxylation is 1. The van der Waals surface area contributed by atoms with Crippen LogP contribution < -0.4 is 4.90 Å². The van der Waals surface area contributed by atoms with Crippen molar-refractivity contribution in [3.05, 3.63) is 29.3 Å². The number of hydrogen-bond acceptors (Lipinski definition) is 4. The van der Waals surface area contributed by atoms with Crippen LogP contribution in [0.15, 0.2) is 18.2 Å². The van der Waals surface area contributed by atoms with Gasteiger partial charge in [0.05, 0.1) is 0 Å². The molecule has 0 aliphatic carbocycles. The van der Waals surface area contributed by atoms with E-state index in [0.717, 1.165) is 58.3 Å². The highest BCUT2D eigenvalue weighted by atomic mass is 32.2. The lowest BCUT2D eigenvalue weighted by atomic mass is 10.00. The van der Waals surface area contributed by atoms with Gasteiger partial charge in [-0.1, -0.05) is 12.1 Å². The summed E-state index contributed by atoms with van der Waals surface area (Å²) in [6.07, 6.45) is 5.25. The lowest BCUT2D eigenvalue weighted by Crippen LogP contribution is -2.47. The molecule has 0 amide bonds. The van der Waals surface area contributed by atoms with Gasteiger partial charge >= 0.3 is 0 Å². The van der Waals surface area contributed by atoms with Gasteiger partial charge in [-0.05, 0) is 69.7 Å². The molecule has 29 heavy (non-hydrogen) atoms. The van der Waals surface area contributed by atoms with Crippen molar-refractivity contribution in [2.24, 2.45) is 0 Å². The topological polar surface area (TPSA) is 47.1 Å². The molecule has 0 aromatic heterocycles. The zero-order valence-corrected chi connectivity index (χ0v) is 18.8. The van der Waals surface area contributed by atoms with E-state index in [4.69, 9.17) is 0 Å². The average Bonchev–Trinajstić information content (AvgIpc) is 3.16. The largest absolute Gasteiger partial charge is 0.371 e. The zero-order chi connectivity index (χ0) is 20.4. The maximum Gasteiger partial charge on any atom is 0.282 e. The van der Waals surface area contributed by atoms with E-state index in [1.807, 2.05) is 0 Å². The van der Waals surface area contributed by atoms with E-state index in [1.165, 1.54) is 16.8 Å². The first-order chi connectivity index (χ1) is 14.0. The Balaban J connectivity index is 1.33. The normalized spacial score (nSPS) is 24.1. The number of piperidine rings is 1. The second kappa shape index (κ2) is 8.92. The fourth-order valence-electron chi connectivity index (χ4n) is 5.14. The van der Waals surface area contributed by atoms with E-state index in [0.29, 0.717) is 32.2 Å². The van der Waals surface area contributed by atoms with Crippen molar-refractivity contribution in [3.63, 3.8) is 0 Å². The molecule has 0 atom stereocenters. The number of hydrogen-bond donors (Lipinski definition) is 0. The highest BCUT2D eigenvalue weighted by Crippen LogP contribution is 2.28. The highest BCUT2D eigenvalue weighted by Gasteiger charge is 2.34. The molecule has 4 rings (SSSR count). The molecular weight excluding hydrogens is 384 g/mol. The monoisotopic (exact) mass is 420 g/mol. The molecule has 0 saturated carbocycles. The molecule has 0 spiro atoms. The van der Waals surface area contributed by atoms with E-state index in [1.54, 1.807) is 8.61 Å². The van der Waals surface area contributed by atoms with Gasteiger partial charge in [-0.2, -0.15) is 17.0 Å². The number of anilines is 1. The van der Waals surface area contributed by atoms with E-state index < -0.39 is 10.2 Å². The summed E-state index contributed by atoms with van der Waals surface area (Å²) in [5.41, 5.74) is 4.13. The Bertz CT molecular complexity index is 799. The molecular formula is C22H36N4O2S. The summed E-state index contributed by atoms with van der Waals surface area (Å²) in [5.74, 6) is 0. The van der Waals surface area contributed by atoms with Gasteiger partial charge in [0.2, 0.25) is 0 Å². The summed E-state index contributed by atoms with van der Waals surface area (Å²) in [4.78, 5) is 5.08. The maximum atomic E-state index is 12.9. The number of rotatable bonds is 4.